The Kier molecular flexibility index (Phi) is 6.04. The second-order valence-electron chi connectivity index (χ2n) is 6.02. The number of hydrogen-bond acceptors (Lipinski definition) is 2. The van der Waals surface area contributed by atoms with Crippen molar-refractivity contribution in [3.05, 3.63) is 70.8 Å². The minimum absolute atomic E-state index is 0.0939. The zero-order valence-corrected chi connectivity index (χ0v) is 13.8. The first-order valence-electron chi connectivity index (χ1n) is 7.82. The van der Waals surface area contributed by atoms with E-state index in [0.717, 1.165) is 5.56 Å². The number of carbonyl (C=O) groups is 1. The summed E-state index contributed by atoms with van der Waals surface area (Å²) in [5, 5.41) is 9.27. The second-order valence-corrected chi connectivity index (χ2v) is 6.02. The summed E-state index contributed by atoms with van der Waals surface area (Å²) in [4.78, 5) is 14.2. The number of aryl methyl sites for hydroxylation is 1. The maximum atomic E-state index is 14.2. The van der Waals surface area contributed by atoms with Crippen molar-refractivity contribution in [2.45, 2.75) is 20.4 Å². The number of aliphatic hydroxyl groups is 1. The molecule has 0 heterocycles. The molecule has 0 aliphatic carbocycles. The van der Waals surface area contributed by atoms with Crippen LogP contribution >= 0.6 is 0 Å². The Balaban J connectivity index is 2.32. The summed E-state index contributed by atoms with van der Waals surface area (Å²) in [6.07, 6.45) is 0. The molecule has 2 aromatic rings. The van der Waals surface area contributed by atoms with Gasteiger partial charge in [0.15, 0.2) is 11.6 Å². The number of rotatable bonds is 6. The monoisotopic (exact) mass is 333 g/mol. The van der Waals surface area contributed by atoms with E-state index in [2.05, 4.69) is 0 Å². The molecule has 2 rings (SSSR count). The summed E-state index contributed by atoms with van der Waals surface area (Å²) in [7, 11) is 0. The van der Waals surface area contributed by atoms with Gasteiger partial charge in [0, 0.05) is 19.7 Å². The Morgan fingerprint density at radius 3 is 2.42 bits per heavy atom. The summed E-state index contributed by atoms with van der Waals surface area (Å²) in [5.74, 6) is -2.89. The van der Waals surface area contributed by atoms with Crippen LogP contribution in [0, 0.1) is 24.5 Å². The Labute approximate surface area is 140 Å². The van der Waals surface area contributed by atoms with Crippen LogP contribution in [0.15, 0.2) is 42.5 Å². The van der Waals surface area contributed by atoms with E-state index in [1.54, 1.807) is 6.92 Å². The van der Waals surface area contributed by atoms with Crippen molar-refractivity contribution >= 4 is 5.91 Å². The highest BCUT2D eigenvalue weighted by molar-refractivity contribution is 5.94. The predicted octanol–water partition coefficient (Wildman–Crippen LogP) is 3.54. The molecule has 0 aromatic heterocycles. The van der Waals surface area contributed by atoms with Gasteiger partial charge in [0.1, 0.15) is 0 Å². The van der Waals surface area contributed by atoms with Crippen LogP contribution < -0.4 is 0 Å². The first-order valence-corrected chi connectivity index (χ1v) is 7.82. The molecule has 0 radical (unpaired) electrons. The minimum atomic E-state index is -1.13. The average molecular weight is 333 g/mol. The fourth-order valence-corrected chi connectivity index (χ4v) is 2.44. The van der Waals surface area contributed by atoms with Crippen molar-refractivity contribution in [1.82, 2.24) is 4.90 Å². The summed E-state index contributed by atoms with van der Waals surface area (Å²) >= 11 is 0. The van der Waals surface area contributed by atoms with Crippen LogP contribution in [0.5, 0.6) is 0 Å². The minimum Gasteiger partial charge on any atom is -0.396 e. The van der Waals surface area contributed by atoms with Crippen LogP contribution in [0.3, 0.4) is 0 Å². The van der Waals surface area contributed by atoms with Crippen LogP contribution in [0.1, 0.15) is 28.4 Å². The normalized spacial score (nSPS) is 12.0. The third-order valence-corrected chi connectivity index (χ3v) is 3.85. The van der Waals surface area contributed by atoms with Crippen molar-refractivity contribution in [2.24, 2.45) is 5.92 Å². The number of nitrogens with zero attached hydrogens (tertiary/aromatic N) is 1. The summed E-state index contributed by atoms with van der Waals surface area (Å²) in [6, 6.07) is 12.0. The molecule has 0 saturated carbocycles. The van der Waals surface area contributed by atoms with Crippen LogP contribution in [0.2, 0.25) is 0 Å². The molecule has 0 aliphatic rings. The number of halogens is 2. The van der Waals surface area contributed by atoms with Crippen LogP contribution in [0.25, 0.3) is 0 Å². The SMILES string of the molecule is Cc1ccc(C(=O)N(Cc2ccccc2)CC(C)CO)c(F)c1F. The number of aliphatic hydroxyl groups excluding tert-OH is 1. The molecule has 1 amide bonds. The van der Waals surface area contributed by atoms with Gasteiger partial charge in [-0.25, -0.2) is 8.78 Å². The molecule has 0 fully saturated rings. The van der Waals surface area contributed by atoms with E-state index in [1.807, 2.05) is 30.3 Å². The highest BCUT2D eigenvalue weighted by Gasteiger charge is 2.23. The number of amides is 1. The van der Waals surface area contributed by atoms with Gasteiger partial charge in [-0.05, 0) is 30.0 Å². The van der Waals surface area contributed by atoms with Crippen molar-refractivity contribution in [3.63, 3.8) is 0 Å². The van der Waals surface area contributed by atoms with Crippen molar-refractivity contribution < 1.29 is 18.7 Å². The molecule has 0 aliphatic heterocycles. The van der Waals surface area contributed by atoms with Gasteiger partial charge in [-0.2, -0.15) is 0 Å². The maximum Gasteiger partial charge on any atom is 0.257 e. The number of hydrogen-bond donors (Lipinski definition) is 1. The summed E-state index contributed by atoms with van der Waals surface area (Å²) < 4.78 is 27.9. The maximum absolute atomic E-state index is 14.2. The summed E-state index contributed by atoms with van der Waals surface area (Å²) in [6.45, 7) is 3.65. The van der Waals surface area contributed by atoms with E-state index < -0.39 is 17.5 Å². The molecular weight excluding hydrogens is 312 g/mol. The van der Waals surface area contributed by atoms with E-state index >= 15 is 0 Å². The van der Waals surface area contributed by atoms with Crippen molar-refractivity contribution in [2.75, 3.05) is 13.2 Å². The smallest absolute Gasteiger partial charge is 0.257 e. The number of benzene rings is 2. The molecule has 3 nitrogen and oxygen atoms in total. The molecule has 128 valence electrons. The van der Waals surface area contributed by atoms with Gasteiger partial charge in [-0.3, -0.25) is 4.79 Å². The van der Waals surface area contributed by atoms with Gasteiger partial charge in [-0.15, -0.1) is 0 Å². The molecule has 0 spiro atoms. The Morgan fingerprint density at radius 1 is 1.12 bits per heavy atom. The van der Waals surface area contributed by atoms with Gasteiger partial charge >= 0.3 is 0 Å². The fourth-order valence-electron chi connectivity index (χ4n) is 2.44. The summed E-state index contributed by atoms with van der Waals surface area (Å²) in [5.41, 5.74) is 0.741. The van der Waals surface area contributed by atoms with Gasteiger partial charge in [0.2, 0.25) is 0 Å². The molecule has 1 atom stereocenters. The molecule has 2 aromatic carbocycles. The Morgan fingerprint density at radius 2 is 1.79 bits per heavy atom. The molecule has 0 bridgehead atoms. The largest absolute Gasteiger partial charge is 0.396 e. The average Bonchev–Trinajstić information content (AvgIpc) is 2.59. The lowest BCUT2D eigenvalue weighted by Gasteiger charge is -2.26. The van der Waals surface area contributed by atoms with Gasteiger partial charge in [0.25, 0.3) is 5.91 Å². The van der Waals surface area contributed by atoms with Gasteiger partial charge in [0.05, 0.1) is 5.56 Å². The van der Waals surface area contributed by atoms with Crippen LogP contribution in [-0.2, 0) is 6.54 Å². The Bertz CT molecular complexity index is 704. The van der Waals surface area contributed by atoms with Crippen LogP contribution in [0.4, 0.5) is 8.78 Å². The Hall–Kier alpha value is -2.27. The van der Waals surface area contributed by atoms with Crippen molar-refractivity contribution in [1.29, 1.82) is 0 Å². The van der Waals surface area contributed by atoms with E-state index in [4.69, 9.17) is 0 Å². The zero-order chi connectivity index (χ0) is 17.7. The third-order valence-electron chi connectivity index (χ3n) is 3.85. The highest BCUT2D eigenvalue weighted by Crippen LogP contribution is 2.19. The molecule has 0 saturated heterocycles. The molecular formula is C19H21F2NO2. The zero-order valence-electron chi connectivity index (χ0n) is 13.8. The van der Waals surface area contributed by atoms with Crippen molar-refractivity contribution in [3.8, 4) is 0 Å². The lowest BCUT2D eigenvalue weighted by Crippen LogP contribution is -2.36. The first-order chi connectivity index (χ1) is 11.4. The first kappa shape index (κ1) is 18.1. The quantitative estimate of drug-likeness (QED) is 0.878. The van der Waals surface area contributed by atoms with Crippen LogP contribution in [-0.4, -0.2) is 29.1 Å². The molecule has 1 unspecified atom stereocenters. The van der Waals surface area contributed by atoms with Gasteiger partial charge in [-0.1, -0.05) is 43.3 Å². The van der Waals surface area contributed by atoms with E-state index in [0.29, 0.717) is 0 Å². The second kappa shape index (κ2) is 8.02. The lowest BCUT2D eigenvalue weighted by atomic mass is 10.1. The standard InChI is InChI=1S/C19H21F2NO2/c1-13(12-23)10-22(11-15-6-4-3-5-7-15)19(24)16-9-8-14(2)17(20)18(16)21/h3-9,13,23H,10-12H2,1-2H3. The number of carbonyl (C=O) groups excluding carboxylic acids is 1. The fraction of sp³-hybridized carbons (Fsp3) is 0.316. The van der Waals surface area contributed by atoms with E-state index in [1.165, 1.54) is 24.0 Å². The predicted molar refractivity (Wildman–Crippen MR) is 88.5 cm³/mol. The van der Waals surface area contributed by atoms with E-state index in [-0.39, 0.29) is 36.7 Å². The third kappa shape index (κ3) is 4.17. The lowest BCUT2D eigenvalue weighted by molar-refractivity contribution is 0.0688. The highest BCUT2D eigenvalue weighted by atomic mass is 19.2. The van der Waals surface area contributed by atoms with E-state index in [9.17, 15) is 18.7 Å². The topological polar surface area (TPSA) is 40.5 Å². The molecule has 1 N–H and O–H groups in total. The molecule has 24 heavy (non-hydrogen) atoms. The van der Waals surface area contributed by atoms with Gasteiger partial charge < -0.3 is 10.0 Å². The molecule has 5 heteroatoms.